The molecule has 0 atom stereocenters. The van der Waals surface area contributed by atoms with Gasteiger partial charge in [0.1, 0.15) is 11.5 Å². The number of carboxylic acids is 1. The first-order chi connectivity index (χ1) is 16.3. The molecule has 1 fully saturated rings. The van der Waals surface area contributed by atoms with Gasteiger partial charge in [-0.1, -0.05) is 32.1 Å². The monoisotopic (exact) mass is 464 g/mol. The number of aryl methyl sites for hydroxylation is 1. The maximum atomic E-state index is 12.8. The van der Waals surface area contributed by atoms with Gasteiger partial charge in [0.2, 0.25) is 0 Å². The van der Waals surface area contributed by atoms with E-state index in [0.717, 1.165) is 18.1 Å². The first-order valence-electron chi connectivity index (χ1n) is 12.3. The normalized spacial score (nSPS) is 14.5. The molecule has 0 aromatic heterocycles. The highest BCUT2D eigenvalue weighted by Crippen LogP contribution is 2.32. The maximum Gasteiger partial charge on any atom is 0.336 e. The van der Waals surface area contributed by atoms with Gasteiger partial charge in [-0.15, -0.1) is 0 Å². The van der Waals surface area contributed by atoms with Crippen molar-refractivity contribution >= 4 is 17.8 Å². The van der Waals surface area contributed by atoms with Crippen molar-refractivity contribution in [2.45, 2.75) is 72.3 Å². The molecule has 1 N–H and O–H groups in total. The molecule has 34 heavy (non-hydrogen) atoms. The quantitative estimate of drug-likeness (QED) is 0.302. The van der Waals surface area contributed by atoms with Crippen molar-refractivity contribution in [1.29, 1.82) is 0 Å². The summed E-state index contributed by atoms with van der Waals surface area (Å²) in [4.78, 5) is 24.4. The predicted molar refractivity (Wildman–Crippen MR) is 135 cm³/mol. The van der Waals surface area contributed by atoms with Crippen molar-refractivity contribution in [1.82, 2.24) is 0 Å². The van der Waals surface area contributed by atoms with Crippen LogP contribution in [0, 0.1) is 19.8 Å². The smallest absolute Gasteiger partial charge is 0.336 e. The zero-order valence-electron chi connectivity index (χ0n) is 20.7. The van der Waals surface area contributed by atoms with Crippen LogP contribution in [0.5, 0.6) is 11.5 Å². The number of carbonyl (C=O) groups excluding carboxylic acids is 1. The molecule has 5 heteroatoms. The zero-order valence-corrected chi connectivity index (χ0v) is 20.7. The predicted octanol–water partition coefficient (Wildman–Crippen LogP) is 7.03. The molecule has 182 valence electrons. The van der Waals surface area contributed by atoms with E-state index < -0.39 is 5.97 Å². The van der Waals surface area contributed by atoms with Gasteiger partial charge in [0.25, 0.3) is 0 Å². The second-order valence-corrected chi connectivity index (χ2v) is 9.45. The third-order valence-corrected chi connectivity index (χ3v) is 6.38. The molecule has 0 aliphatic heterocycles. The van der Waals surface area contributed by atoms with Gasteiger partial charge in [-0.05, 0) is 88.1 Å². The number of benzene rings is 2. The van der Waals surface area contributed by atoms with Crippen molar-refractivity contribution < 1.29 is 24.2 Å². The summed E-state index contributed by atoms with van der Waals surface area (Å²) >= 11 is 0. The molecular formula is C29H36O5. The number of hydrogen-bond acceptors (Lipinski definition) is 4. The Morgan fingerprint density at radius 2 is 1.76 bits per heavy atom. The third kappa shape index (κ3) is 6.72. The number of allylic oxidation sites excluding steroid dienone is 1. The number of carboxylic acid groups (broad SMARTS) is 1. The van der Waals surface area contributed by atoms with Gasteiger partial charge in [0.05, 0.1) is 18.3 Å². The van der Waals surface area contributed by atoms with Crippen LogP contribution in [0.25, 0.3) is 6.08 Å². The van der Waals surface area contributed by atoms with E-state index in [1.54, 1.807) is 38.1 Å². The van der Waals surface area contributed by atoms with Crippen molar-refractivity contribution in [3.63, 3.8) is 0 Å². The number of aromatic carboxylic acids is 1. The molecule has 0 bridgehead atoms. The minimum atomic E-state index is -0.990. The van der Waals surface area contributed by atoms with Crippen molar-refractivity contribution in [2.24, 2.45) is 5.92 Å². The Hall–Kier alpha value is -3.08. The van der Waals surface area contributed by atoms with Crippen LogP contribution >= 0.6 is 0 Å². The van der Waals surface area contributed by atoms with Crippen molar-refractivity contribution in [3.05, 3.63) is 64.2 Å². The molecule has 5 nitrogen and oxygen atoms in total. The molecule has 2 aromatic rings. The Morgan fingerprint density at radius 3 is 2.38 bits per heavy atom. The lowest BCUT2D eigenvalue weighted by Crippen LogP contribution is -2.12. The molecule has 0 saturated heterocycles. The van der Waals surface area contributed by atoms with Gasteiger partial charge >= 0.3 is 5.97 Å². The molecule has 0 unspecified atom stereocenters. The molecule has 0 amide bonds. The van der Waals surface area contributed by atoms with Crippen LogP contribution in [0.1, 0.15) is 89.8 Å². The molecule has 1 saturated carbocycles. The highest BCUT2D eigenvalue weighted by Gasteiger charge is 2.19. The van der Waals surface area contributed by atoms with E-state index in [2.05, 4.69) is 0 Å². The lowest BCUT2D eigenvalue weighted by molar-refractivity contribution is 0.0694. The van der Waals surface area contributed by atoms with Crippen LogP contribution in [-0.4, -0.2) is 29.6 Å². The highest BCUT2D eigenvalue weighted by atomic mass is 16.5. The van der Waals surface area contributed by atoms with E-state index in [1.807, 2.05) is 26.0 Å². The minimum absolute atomic E-state index is 0.128. The second kappa shape index (κ2) is 11.9. The van der Waals surface area contributed by atoms with Crippen LogP contribution in [0.4, 0.5) is 0 Å². The second-order valence-electron chi connectivity index (χ2n) is 9.45. The lowest BCUT2D eigenvalue weighted by atomic mass is 9.87. The van der Waals surface area contributed by atoms with Crippen LogP contribution in [-0.2, 0) is 0 Å². The van der Waals surface area contributed by atoms with Gasteiger partial charge in [0.15, 0.2) is 5.78 Å². The van der Waals surface area contributed by atoms with Crippen LogP contribution in [0.2, 0.25) is 0 Å². The number of carbonyl (C=O) groups is 2. The fourth-order valence-corrected chi connectivity index (χ4v) is 4.64. The molecule has 0 heterocycles. The largest absolute Gasteiger partial charge is 0.494 e. The van der Waals surface area contributed by atoms with Crippen LogP contribution in [0.15, 0.2) is 36.4 Å². The summed E-state index contributed by atoms with van der Waals surface area (Å²) in [6.07, 6.45) is 10.8. The van der Waals surface area contributed by atoms with Crippen LogP contribution in [0.3, 0.4) is 0 Å². The average Bonchev–Trinajstić information content (AvgIpc) is 2.80. The summed E-state index contributed by atoms with van der Waals surface area (Å²) in [5, 5.41) is 9.57. The Balaban J connectivity index is 1.68. The standard InChI is InChI=1S/C29H36O5/c1-19(2)34-28-21(4)27(29(31)32)20(3)18-24(28)12-15-26(30)23-10-13-25(14-11-23)33-17-16-22-8-6-5-7-9-22/h10-15,18-19,22H,5-9,16-17H2,1-4H3,(H,31,32). The highest BCUT2D eigenvalue weighted by molar-refractivity contribution is 6.07. The number of rotatable bonds is 10. The van der Waals surface area contributed by atoms with E-state index in [-0.39, 0.29) is 17.5 Å². The number of ether oxygens (including phenoxy) is 2. The number of hydrogen-bond donors (Lipinski definition) is 1. The van der Waals surface area contributed by atoms with E-state index in [4.69, 9.17) is 9.47 Å². The van der Waals surface area contributed by atoms with Gasteiger partial charge in [-0.3, -0.25) is 4.79 Å². The fraction of sp³-hybridized carbons (Fsp3) is 0.448. The molecule has 1 aliphatic carbocycles. The first kappa shape index (κ1) is 25.5. The zero-order chi connectivity index (χ0) is 24.7. The Bertz CT molecular complexity index is 1030. The summed E-state index contributed by atoms with van der Waals surface area (Å²) in [6.45, 7) is 7.97. The summed E-state index contributed by atoms with van der Waals surface area (Å²) in [5.74, 6) is 0.919. The molecule has 0 spiro atoms. The third-order valence-electron chi connectivity index (χ3n) is 6.38. The molecule has 1 aliphatic rings. The van der Waals surface area contributed by atoms with E-state index in [1.165, 1.54) is 38.2 Å². The van der Waals surface area contributed by atoms with Crippen molar-refractivity contribution in [2.75, 3.05) is 6.61 Å². The average molecular weight is 465 g/mol. The molecule has 3 rings (SSSR count). The minimum Gasteiger partial charge on any atom is -0.494 e. The first-order valence-corrected chi connectivity index (χ1v) is 12.3. The van der Waals surface area contributed by atoms with Gasteiger partial charge in [-0.25, -0.2) is 4.79 Å². The summed E-state index contributed by atoms with van der Waals surface area (Å²) in [6, 6.07) is 8.98. The van der Waals surface area contributed by atoms with Gasteiger partial charge < -0.3 is 14.6 Å². The summed E-state index contributed by atoms with van der Waals surface area (Å²) in [7, 11) is 0. The topological polar surface area (TPSA) is 72.8 Å². The SMILES string of the molecule is Cc1cc(C=CC(=O)c2ccc(OCCC3CCCCC3)cc2)c(OC(C)C)c(C)c1C(=O)O. The van der Waals surface area contributed by atoms with Gasteiger partial charge in [-0.2, -0.15) is 0 Å². The van der Waals surface area contributed by atoms with E-state index >= 15 is 0 Å². The summed E-state index contributed by atoms with van der Waals surface area (Å²) < 4.78 is 11.8. The summed E-state index contributed by atoms with van der Waals surface area (Å²) in [5.41, 5.74) is 2.67. The molecule has 0 radical (unpaired) electrons. The Labute approximate surface area is 202 Å². The van der Waals surface area contributed by atoms with E-state index in [0.29, 0.717) is 34.6 Å². The molecular weight excluding hydrogens is 428 g/mol. The fourth-order valence-electron chi connectivity index (χ4n) is 4.64. The molecule has 2 aromatic carbocycles. The van der Waals surface area contributed by atoms with Crippen LogP contribution < -0.4 is 9.47 Å². The maximum absolute atomic E-state index is 12.8. The Kier molecular flexibility index (Phi) is 8.91. The Morgan fingerprint density at radius 1 is 1.09 bits per heavy atom. The van der Waals surface area contributed by atoms with Gasteiger partial charge in [0, 0.05) is 16.7 Å². The number of ketones is 1. The lowest BCUT2D eigenvalue weighted by Gasteiger charge is -2.21. The van der Waals surface area contributed by atoms with E-state index in [9.17, 15) is 14.7 Å². The van der Waals surface area contributed by atoms with Crippen molar-refractivity contribution in [3.8, 4) is 11.5 Å².